The number of thiophene rings is 1. The lowest BCUT2D eigenvalue weighted by molar-refractivity contribution is -0.384. The van der Waals surface area contributed by atoms with E-state index in [9.17, 15) is 24.5 Å². The van der Waals surface area contributed by atoms with E-state index in [1.165, 1.54) is 18.2 Å². The Kier molecular flexibility index (Phi) is 6.85. The zero-order valence-corrected chi connectivity index (χ0v) is 17.6. The van der Waals surface area contributed by atoms with Gasteiger partial charge in [0.05, 0.1) is 16.1 Å². The zero-order chi connectivity index (χ0) is 22.5. The second-order valence-electron chi connectivity index (χ2n) is 7.28. The third-order valence-corrected chi connectivity index (χ3v) is 5.88. The van der Waals surface area contributed by atoms with Gasteiger partial charge >= 0.3 is 5.97 Å². The molecule has 1 aliphatic rings. The number of carbonyl (C=O) groups excluding carboxylic acids is 3. The van der Waals surface area contributed by atoms with Crippen molar-refractivity contribution in [1.82, 2.24) is 0 Å². The number of nitrogens with zero attached hydrogens (tertiary/aromatic N) is 2. The predicted molar refractivity (Wildman–Crippen MR) is 115 cm³/mol. The quantitative estimate of drug-likeness (QED) is 0.378. The molecule has 3 rings (SSSR count). The third-order valence-electron chi connectivity index (χ3n) is 5.05. The number of hydrogen-bond acceptors (Lipinski definition) is 8. The van der Waals surface area contributed by atoms with E-state index < -0.39 is 29.3 Å². The summed E-state index contributed by atoms with van der Waals surface area (Å²) in [7, 11) is 0. The van der Waals surface area contributed by atoms with Gasteiger partial charge in [0.15, 0.2) is 6.61 Å². The summed E-state index contributed by atoms with van der Waals surface area (Å²) in [4.78, 5) is 48.6. The Morgan fingerprint density at radius 3 is 2.65 bits per heavy atom. The average Bonchev–Trinajstić information content (AvgIpc) is 3.20. The van der Waals surface area contributed by atoms with Gasteiger partial charge in [-0.2, -0.15) is 0 Å². The van der Waals surface area contributed by atoms with Crippen molar-refractivity contribution < 1.29 is 24.0 Å². The van der Waals surface area contributed by atoms with Crippen LogP contribution in [0.25, 0.3) is 0 Å². The summed E-state index contributed by atoms with van der Waals surface area (Å²) in [6.07, 6.45) is 1.88. The number of carbonyl (C=O) groups is 3. The van der Waals surface area contributed by atoms with Gasteiger partial charge in [0.25, 0.3) is 17.5 Å². The van der Waals surface area contributed by atoms with Crippen molar-refractivity contribution in [3.63, 3.8) is 0 Å². The van der Waals surface area contributed by atoms with Crippen LogP contribution in [0, 0.1) is 16.0 Å². The molecular formula is C20H22N4O6S. The van der Waals surface area contributed by atoms with Crippen LogP contribution >= 0.6 is 11.3 Å². The molecule has 0 spiro atoms. The standard InChI is InChI=1S/C20H22N4O6S/c1-12-4-7-23(8-5-12)15-3-2-13(10-16(15)24(28)29)20(27)30-11-17(25)22-19-14(18(21)26)6-9-31-19/h2-3,6,9-10,12H,4-5,7-8,11H2,1H3,(H2,21,26)(H,22,25). The fourth-order valence-electron chi connectivity index (χ4n) is 3.29. The van der Waals surface area contributed by atoms with Crippen LogP contribution in [0.15, 0.2) is 29.6 Å². The number of rotatable bonds is 7. The van der Waals surface area contributed by atoms with Gasteiger partial charge in [0.1, 0.15) is 10.7 Å². The van der Waals surface area contributed by atoms with Gasteiger partial charge in [0.2, 0.25) is 0 Å². The fraction of sp³-hybridized carbons (Fsp3) is 0.350. The van der Waals surface area contributed by atoms with Crippen molar-refractivity contribution >= 4 is 45.5 Å². The number of anilines is 2. The molecule has 0 saturated carbocycles. The van der Waals surface area contributed by atoms with E-state index in [-0.39, 0.29) is 21.8 Å². The van der Waals surface area contributed by atoms with Crippen LogP contribution in [0.2, 0.25) is 0 Å². The van der Waals surface area contributed by atoms with E-state index in [1.54, 1.807) is 5.38 Å². The first-order valence-corrected chi connectivity index (χ1v) is 10.5. The van der Waals surface area contributed by atoms with Crippen molar-refractivity contribution in [2.45, 2.75) is 19.8 Å². The Bertz CT molecular complexity index is 1010. The molecule has 0 bridgehead atoms. The molecule has 164 valence electrons. The Balaban J connectivity index is 1.65. The average molecular weight is 446 g/mol. The summed E-state index contributed by atoms with van der Waals surface area (Å²) in [6, 6.07) is 5.62. The summed E-state index contributed by atoms with van der Waals surface area (Å²) in [5, 5.41) is 15.9. The zero-order valence-electron chi connectivity index (χ0n) is 16.8. The van der Waals surface area contributed by atoms with Gasteiger partial charge in [0, 0.05) is 19.2 Å². The van der Waals surface area contributed by atoms with E-state index in [0.717, 1.165) is 30.2 Å². The minimum absolute atomic E-state index is 0.0254. The summed E-state index contributed by atoms with van der Waals surface area (Å²) >= 11 is 1.10. The smallest absolute Gasteiger partial charge is 0.338 e. The van der Waals surface area contributed by atoms with E-state index in [2.05, 4.69) is 12.2 Å². The Morgan fingerprint density at radius 1 is 1.29 bits per heavy atom. The number of hydrogen-bond donors (Lipinski definition) is 2. The highest BCUT2D eigenvalue weighted by atomic mass is 32.1. The first-order valence-electron chi connectivity index (χ1n) is 9.64. The van der Waals surface area contributed by atoms with Crippen LogP contribution in [0.5, 0.6) is 0 Å². The van der Waals surface area contributed by atoms with Gasteiger partial charge in [-0.1, -0.05) is 6.92 Å². The minimum Gasteiger partial charge on any atom is -0.452 e. The first-order chi connectivity index (χ1) is 14.8. The van der Waals surface area contributed by atoms with Crippen LogP contribution in [0.4, 0.5) is 16.4 Å². The van der Waals surface area contributed by atoms with Gasteiger partial charge in [-0.25, -0.2) is 4.79 Å². The second kappa shape index (κ2) is 9.56. The molecule has 2 amide bonds. The molecule has 1 aromatic carbocycles. The molecule has 1 saturated heterocycles. The number of amides is 2. The van der Waals surface area contributed by atoms with Crippen LogP contribution in [0.3, 0.4) is 0 Å². The molecule has 31 heavy (non-hydrogen) atoms. The summed E-state index contributed by atoms with van der Waals surface area (Å²) in [5.74, 6) is -1.64. The second-order valence-corrected chi connectivity index (χ2v) is 8.20. The van der Waals surface area contributed by atoms with Crippen LogP contribution in [-0.4, -0.2) is 42.4 Å². The van der Waals surface area contributed by atoms with Gasteiger partial charge in [-0.05, 0) is 42.3 Å². The molecule has 10 nitrogen and oxygen atoms in total. The monoisotopic (exact) mass is 446 g/mol. The molecule has 2 aromatic rings. The summed E-state index contributed by atoms with van der Waals surface area (Å²) in [5.41, 5.74) is 5.63. The fourth-order valence-corrected chi connectivity index (χ4v) is 4.10. The molecule has 3 N–H and O–H groups in total. The van der Waals surface area contributed by atoms with Gasteiger partial charge < -0.3 is 20.7 Å². The van der Waals surface area contributed by atoms with E-state index >= 15 is 0 Å². The normalized spacial score (nSPS) is 14.2. The number of nitro groups is 1. The molecule has 0 atom stereocenters. The van der Waals surface area contributed by atoms with E-state index in [0.29, 0.717) is 24.7 Å². The Labute approximate surface area is 182 Å². The summed E-state index contributed by atoms with van der Waals surface area (Å²) in [6.45, 7) is 2.95. The maximum atomic E-state index is 12.3. The molecule has 0 radical (unpaired) electrons. The molecule has 1 aromatic heterocycles. The van der Waals surface area contributed by atoms with Crippen molar-refractivity contribution in [3.05, 3.63) is 50.9 Å². The van der Waals surface area contributed by atoms with E-state index in [1.807, 2.05) is 4.90 Å². The molecule has 2 heterocycles. The molecule has 1 aliphatic heterocycles. The molecular weight excluding hydrogens is 424 g/mol. The predicted octanol–water partition coefficient (Wildman–Crippen LogP) is 2.79. The SMILES string of the molecule is CC1CCN(c2ccc(C(=O)OCC(=O)Nc3sccc3C(N)=O)cc2[N+](=O)[O-])CC1. The lowest BCUT2D eigenvalue weighted by atomic mass is 9.98. The first kappa shape index (κ1) is 22.2. The lowest BCUT2D eigenvalue weighted by Gasteiger charge is -2.31. The minimum atomic E-state index is -0.863. The lowest BCUT2D eigenvalue weighted by Crippen LogP contribution is -2.33. The van der Waals surface area contributed by atoms with Crippen molar-refractivity contribution in [1.29, 1.82) is 0 Å². The maximum Gasteiger partial charge on any atom is 0.338 e. The van der Waals surface area contributed by atoms with Crippen molar-refractivity contribution in [2.75, 3.05) is 29.9 Å². The van der Waals surface area contributed by atoms with Gasteiger partial charge in [-0.3, -0.25) is 19.7 Å². The highest BCUT2D eigenvalue weighted by Crippen LogP contribution is 2.32. The maximum absolute atomic E-state index is 12.3. The highest BCUT2D eigenvalue weighted by molar-refractivity contribution is 7.14. The number of benzene rings is 1. The molecule has 1 fully saturated rings. The van der Waals surface area contributed by atoms with Crippen molar-refractivity contribution in [2.24, 2.45) is 11.7 Å². The van der Waals surface area contributed by atoms with Crippen molar-refractivity contribution in [3.8, 4) is 0 Å². The number of primary amides is 1. The molecule has 0 unspecified atom stereocenters. The van der Waals surface area contributed by atoms with Crippen LogP contribution in [-0.2, 0) is 9.53 Å². The van der Waals surface area contributed by atoms with E-state index in [4.69, 9.17) is 10.5 Å². The number of nitro benzene ring substituents is 1. The molecule has 11 heteroatoms. The highest BCUT2D eigenvalue weighted by Gasteiger charge is 2.25. The number of ether oxygens (including phenoxy) is 1. The molecule has 0 aliphatic carbocycles. The summed E-state index contributed by atoms with van der Waals surface area (Å²) < 4.78 is 4.97. The third kappa shape index (κ3) is 5.37. The number of esters is 1. The van der Waals surface area contributed by atoms with Gasteiger partial charge in [-0.15, -0.1) is 11.3 Å². The Morgan fingerprint density at radius 2 is 2.00 bits per heavy atom. The number of nitrogens with one attached hydrogen (secondary N) is 1. The topological polar surface area (TPSA) is 145 Å². The van der Waals surface area contributed by atoms with Crippen LogP contribution < -0.4 is 16.0 Å². The number of nitrogens with two attached hydrogens (primary N) is 1. The number of piperidine rings is 1. The Hall–Kier alpha value is -3.47. The van der Waals surface area contributed by atoms with Crippen LogP contribution in [0.1, 0.15) is 40.5 Å². The largest absolute Gasteiger partial charge is 0.452 e.